The Morgan fingerprint density at radius 1 is 0.943 bits per heavy atom. The largest absolute Gasteiger partial charge is 0.348 e. The Balaban J connectivity index is 1.42. The SMILES string of the molecule is CCC1c2cccn2CCN1C(=O)C[C@@H](NS(=O)(=O)c1ccc2ccccc2c1)c1ccccc1. The van der Waals surface area contributed by atoms with Gasteiger partial charge in [0.25, 0.3) is 0 Å². The molecule has 0 bridgehead atoms. The first-order valence-electron chi connectivity index (χ1n) is 12.0. The van der Waals surface area contributed by atoms with Crippen LogP contribution in [0.2, 0.25) is 0 Å². The van der Waals surface area contributed by atoms with E-state index in [9.17, 15) is 13.2 Å². The third kappa shape index (κ3) is 4.74. The van der Waals surface area contributed by atoms with Gasteiger partial charge in [-0.2, -0.15) is 0 Å². The Labute approximate surface area is 206 Å². The number of nitrogens with zero attached hydrogens (tertiary/aromatic N) is 2. The molecule has 4 aromatic rings. The van der Waals surface area contributed by atoms with E-state index in [0.29, 0.717) is 6.54 Å². The summed E-state index contributed by atoms with van der Waals surface area (Å²) in [5.74, 6) is -0.0561. The standard InChI is InChI=1S/C28H29N3O3S/c1-2-26-27-13-8-16-30(27)17-18-31(26)28(32)20-25(22-10-4-3-5-11-22)29-35(33,34)24-15-14-21-9-6-7-12-23(21)19-24/h3-16,19,25-26,29H,2,17-18,20H2,1H3/t25-,26?/m1/s1. The van der Waals surface area contributed by atoms with Crippen LogP contribution in [0.5, 0.6) is 0 Å². The summed E-state index contributed by atoms with van der Waals surface area (Å²) in [6.45, 7) is 3.42. The summed E-state index contributed by atoms with van der Waals surface area (Å²) < 4.78 is 31.9. The van der Waals surface area contributed by atoms with E-state index in [2.05, 4.69) is 22.3 Å². The van der Waals surface area contributed by atoms with Crippen molar-refractivity contribution in [1.29, 1.82) is 0 Å². The van der Waals surface area contributed by atoms with Crippen LogP contribution >= 0.6 is 0 Å². The van der Waals surface area contributed by atoms with Crippen LogP contribution in [-0.2, 0) is 21.4 Å². The second-order valence-electron chi connectivity index (χ2n) is 8.94. The number of carbonyl (C=O) groups is 1. The molecule has 0 saturated heterocycles. The first-order chi connectivity index (χ1) is 17.0. The second kappa shape index (κ2) is 9.68. The highest BCUT2D eigenvalue weighted by molar-refractivity contribution is 7.89. The number of hydrogen-bond donors (Lipinski definition) is 1. The van der Waals surface area contributed by atoms with Gasteiger partial charge in [0.1, 0.15) is 0 Å². The average Bonchev–Trinajstić information content (AvgIpc) is 3.37. The summed E-state index contributed by atoms with van der Waals surface area (Å²) in [6, 6.07) is 25.4. The molecule has 180 valence electrons. The van der Waals surface area contributed by atoms with Crippen LogP contribution in [-0.4, -0.2) is 30.3 Å². The summed E-state index contributed by atoms with van der Waals surface area (Å²) in [6.07, 6.45) is 2.90. The van der Waals surface area contributed by atoms with Gasteiger partial charge in [-0.1, -0.05) is 67.6 Å². The molecule has 7 heteroatoms. The van der Waals surface area contributed by atoms with Gasteiger partial charge >= 0.3 is 0 Å². The minimum atomic E-state index is -3.86. The fourth-order valence-corrected chi connectivity index (χ4v) is 6.25. The predicted octanol–water partition coefficient (Wildman–Crippen LogP) is 5.04. The quantitative estimate of drug-likeness (QED) is 0.397. The summed E-state index contributed by atoms with van der Waals surface area (Å²) in [7, 11) is -3.86. The van der Waals surface area contributed by atoms with Crippen molar-refractivity contribution >= 4 is 26.7 Å². The molecule has 0 saturated carbocycles. The van der Waals surface area contributed by atoms with E-state index in [1.165, 1.54) is 0 Å². The van der Waals surface area contributed by atoms with Gasteiger partial charge in [0, 0.05) is 31.4 Å². The lowest BCUT2D eigenvalue weighted by atomic mass is 10.0. The van der Waals surface area contributed by atoms with Crippen molar-refractivity contribution in [1.82, 2.24) is 14.2 Å². The van der Waals surface area contributed by atoms with E-state index < -0.39 is 16.1 Å². The molecule has 0 spiro atoms. The van der Waals surface area contributed by atoms with Crippen molar-refractivity contribution in [2.45, 2.75) is 43.3 Å². The Hall–Kier alpha value is -3.42. The Bertz CT molecular complexity index is 1450. The maximum absolute atomic E-state index is 13.6. The first kappa shape index (κ1) is 23.3. The Kier molecular flexibility index (Phi) is 6.45. The highest BCUT2D eigenvalue weighted by Crippen LogP contribution is 2.31. The lowest BCUT2D eigenvalue weighted by Crippen LogP contribution is -2.43. The molecule has 2 heterocycles. The molecule has 0 fully saturated rings. The van der Waals surface area contributed by atoms with Crippen LogP contribution in [0.4, 0.5) is 0 Å². The van der Waals surface area contributed by atoms with Gasteiger partial charge in [-0.15, -0.1) is 0 Å². The Morgan fingerprint density at radius 2 is 1.69 bits per heavy atom. The molecule has 1 unspecified atom stereocenters. The Morgan fingerprint density at radius 3 is 2.46 bits per heavy atom. The van der Waals surface area contributed by atoms with Gasteiger partial charge in [0.2, 0.25) is 15.9 Å². The molecule has 2 atom stereocenters. The number of aromatic nitrogens is 1. The van der Waals surface area contributed by atoms with Gasteiger partial charge < -0.3 is 9.47 Å². The normalized spacial score (nSPS) is 16.7. The molecular weight excluding hydrogens is 458 g/mol. The van der Waals surface area contributed by atoms with Crippen molar-refractivity contribution in [2.75, 3.05) is 6.54 Å². The number of carbonyl (C=O) groups excluding carboxylic acids is 1. The second-order valence-corrected chi connectivity index (χ2v) is 10.6. The molecule has 3 aromatic carbocycles. The van der Waals surface area contributed by atoms with E-state index in [1.807, 2.05) is 71.8 Å². The first-order valence-corrected chi connectivity index (χ1v) is 13.4. The van der Waals surface area contributed by atoms with Crippen molar-refractivity contribution in [3.05, 3.63) is 102 Å². The number of sulfonamides is 1. The maximum atomic E-state index is 13.6. The van der Waals surface area contributed by atoms with Gasteiger partial charge in [-0.05, 0) is 47.0 Å². The van der Waals surface area contributed by atoms with E-state index in [4.69, 9.17) is 0 Å². The molecule has 1 aliphatic rings. The van der Waals surface area contributed by atoms with Crippen LogP contribution in [0, 0.1) is 0 Å². The van der Waals surface area contributed by atoms with Crippen LogP contribution in [0.25, 0.3) is 10.8 Å². The minimum absolute atomic E-state index is 0.0141. The zero-order valence-electron chi connectivity index (χ0n) is 19.7. The molecular formula is C28H29N3O3S. The predicted molar refractivity (Wildman–Crippen MR) is 137 cm³/mol. The van der Waals surface area contributed by atoms with E-state index in [-0.39, 0.29) is 23.3 Å². The summed E-state index contributed by atoms with van der Waals surface area (Å²) in [5, 5.41) is 1.83. The van der Waals surface area contributed by atoms with Crippen molar-refractivity contribution < 1.29 is 13.2 Å². The number of amides is 1. The molecule has 1 N–H and O–H groups in total. The molecule has 0 radical (unpaired) electrons. The highest BCUT2D eigenvalue weighted by Gasteiger charge is 2.32. The number of nitrogens with one attached hydrogen (secondary N) is 1. The molecule has 1 aliphatic heterocycles. The third-order valence-corrected chi connectivity index (χ3v) is 8.25. The number of fused-ring (bicyclic) bond motifs is 2. The van der Waals surface area contributed by atoms with Crippen LogP contribution in [0.1, 0.15) is 43.1 Å². The molecule has 5 rings (SSSR count). The van der Waals surface area contributed by atoms with Gasteiger partial charge in [-0.25, -0.2) is 13.1 Å². The average molecular weight is 488 g/mol. The molecule has 6 nitrogen and oxygen atoms in total. The van der Waals surface area contributed by atoms with Gasteiger partial charge in [0.05, 0.1) is 17.0 Å². The topological polar surface area (TPSA) is 71.4 Å². The summed E-state index contributed by atoms with van der Waals surface area (Å²) in [5.41, 5.74) is 1.89. The van der Waals surface area contributed by atoms with Crippen molar-refractivity contribution in [3.8, 4) is 0 Å². The minimum Gasteiger partial charge on any atom is -0.348 e. The maximum Gasteiger partial charge on any atom is 0.241 e. The smallest absolute Gasteiger partial charge is 0.241 e. The van der Waals surface area contributed by atoms with Gasteiger partial charge in [-0.3, -0.25) is 4.79 Å². The van der Waals surface area contributed by atoms with Crippen LogP contribution < -0.4 is 4.72 Å². The molecule has 1 aromatic heterocycles. The monoisotopic (exact) mass is 487 g/mol. The van der Waals surface area contributed by atoms with Crippen molar-refractivity contribution in [3.63, 3.8) is 0 Å². The summed E-state index contributed by atoms with van der Waals surface area (Å²) >= 11 is 0. The van der Waals surface area contributed by atoms with Crippen molar-refractivity contribution in [2.24, 2.45) is 0 Å². The van der Waals surface area contributed by atoms with Gasteiger partial charge in [0.15, 0.2) is 0 Å². The zero-order chi connectivity index (χ0) is 24.4. The van der Waals surface area contributed by atoms with E-state index in [1.54, 1.807) is 18.2 Å². The number of hydrogen-bond acceptors (Lipinski definition) is 3. The number of benzene rings is 3. The highest BCUT2D eigenvalue weighted by atomic mass is 32.2. The lowest BCUT2D eigenvalue weighted by molar-refractivity contribution is -0.135. The zero-order valence-corrected chi connectivity index (χ0v) is 20.5. The number of rotatable bonds is 7. The fourth-order valence-electron chi connectivity index (χ4n) is 4.99. The molecule has 1 amide bonds. The third-order valence-electron chi connectivity index (χ3n) is 6.78. The summed E-state index contributed by atoms with van der Waals surface area (Å²) in [4.78, 5) is 15.6. The fraction of sp³-hybridized carbons (Fsp3) is 0.250. The molecule has 35 heavy (non-hydrogen) atoms. The van der Waals surface area contributed by atoms with E-state index in [0.717, 1.165) is 35.0 Å². The van der Waals surface area contributed by atoms with Crippen LogP contribution in [0.3, 0.4) is 0 Å². The molecule has 0 aliphatic carbocycles. The lowest BCUT2D eigenvalue weighted by Gasteiger charge is -2.37. The van der Waals surface area contributed by atoms with Crippen LogP contribution in [0.15, 0.2) is 96.0 Å². The van der Waals surface area contributed by atoms with E-state index >= 15 is 0 Å².